The van der Waals surface area contributed by atoms with Crippen molar-refractivity contribution in [1.82, 2.24) is 9.78 Å². The van der Waals surface area contributed by atoms with Crippen molar-refractivity contribution in [3.05, 3.63) is 16.4 Å². The zero-order valence-corrected chi connectivity index (χ0v) is 11.3. The first-order valence-corrected chi connectivity index (χ1v) is 5.99. The highest BCUT2D eigenvalue weighted by Gasteiger charge is 2.26. The maximum atomic E-state index is 10.2. The van der Waals surface area contributed by atoms with Gasteiger partial charge in [0.2, 0.25) is 0 Å². The average Bonchev–Trinajstić information content (AvgIpc) is 2.57. The van der Waals surface area contributed by atoms with Crippen LogP contribution in [0.2, 0.25) is 0 Å². The number of aryl methyl sites for hydroxylation is 1. The Morgan fingerprint density at radius 3 is 2.38 bits per heavy atom. The van der Waals surface area contributed by atoms with E-state index in [2.05, 4.69) is 21.0 Å². The Labute approximate surface area is 103 Å². The highest BCUT2D eigenvalue weighted by Crippen LogP contribution is 2.26. The zero-order chi connectivity index (χ0) is 12.1. The maximum Gasteiger partial charge on any atom is 0.189 e. The van der Waals surface area contributed by atoms with Gasteiger partial charge in [0, 0.05) is 20.3 Å². The number of ether oxygens (including phenoxy) is 2. The molecule has 1 heterocycles. The number of nitrogens with zero attached hydrogens (tertiary/aromatic N) is 2. The Hall–Kier alpha value is -0.430. The SMILES string of the molecule is CCOC(OCC)C(O)c1c(Br)cnn1C. The van der Waals surface area contributed by atoms with Gasteiger partial charge in [-0.15, -0.1) is 0 Å². The van der Waals surface area contributed by atoms with Gasteiger partial charge < -0.3 is 14.6 Å². The first kappa shape index (κ1) is 13.6. The van der Waals surface area contributed by atoms with Gasteiger partial charge in [-0.05, 0) is 29.8 Å². The predicted octanol–water partition coefficient (Wildman–Crippen LogP) is 1.62. The molecule has 0 fully saturated rings. The third-order valence-corrected chi connectivity index (χ3v) is 2.75. The van der Waals surface area contributed by atoms with Crippen LogP contribution in [0.4, 0.5) is 0 Å². The molecule has 0 amide bonds. The first-order valence-electron chi connectivity index (χ1n) is 5.20. The lowest BCUT2D eigenvalue weighted by Gasteiger charge is -2.22. The summed E-state index contributed by atoms with van der Waals surface area (Å²) in [6.07, 6.45) is 0.108. The minimum Gasteiger partial charge on any atom is -0.381 e. The monoisotopic (exact) mass is 292 g/mol. The summed E-state index contributed by atoms with van der Waals surface area (Å²) in [7, 11) is 1.76. The summed E-state index contributed by atoms with van der Waals surface area (Å²) in [6, 6.07) is 0. The molecule has 16 heavy (non-hydrogen) atoms. The van der Waals surface area contributed by atoms with Crippen LogP contribution in [0.25, 0.3) is 0 Å². The lowest BCUT2D eigenvalue weighted by Crippen LogP contribution is -2.27. The van der Waals surface area contributed by atoms with E-state index in [1.165, 1.54) is 0 Å². The molecule has 0 saturated carbocycles. The summed E-state index contributed by atoms with van der Waals surface area (Å²) >= 11 is 3.33. The second-order valence-electron chi connectivity index (χ2n) is 3.23. The molecule has 1 N–H and O–H groups in total. The Morgan fingerprint density at radius 2 is 2.00 bits per heavy atom. The van der Waals surface area contributed by atoms with Gasteiger partial charge in [-0.2, -0.15) is 5.10 Å². The Kier molecular flexibility index (Phi) is 5.40. The van der Waals surface area contributed by atoms with Crippen molar-refractivity contribution in [2.24, 2.45) is 7.05 Å². The van der Waals surface area contributed by atoms with E-state index >= 15 is 0 Å². The van der Waals surface area contributed by atoms with Gasteiger partial charge in [0.15, 0.2) is 6.29 Å². The lowest BCUT2D eigenvalue weighted by atomic mass is 10.2. The molecule has 1 aromatic rings. The molecule has 6 heteroatoms. The highest BCUT2D eigenvalue weighted by molar-refractivity contribution is 9.10. The van der Waals surface area contributed by atoms with Gasteiger partial charge in [-0.3, -0.25) is 4.68 Å². The van der Waals surface area contributed by atoms with Crippen LogP contribution in [0.3, 0.4) is 0 Å². The van der Waals surface area contributed by atoms with Crippen LogP contribution in [0.5, 0.6) is 0 Å². The van der Waals surface area contributed by atoms with Crippen molar-refractivity contribution in [3.63, 3.8) is 0 Å². The van der Waals surface area contributed by atoms with Crippen LogP contribution in [0.15, 0.2) is 10.7 Å². The van der Waals surface area contributed by atoms with Crippen LogP contribution >= 0.6 is 15.9 Å². The molecule has 0 bridgehead atoms. The van der Waals surface area contributed by atoms with Crippen LogP contribution in [-0.4, -0.2) is 34.4 Å². The van der Waals surface area contributed by atoms with E-state index in [-0.39, 0.29) is 0 Å². The Balaban J connectivity index is 2.84. The quantitative estimate of drug-likeness (QED) is 0.810. The number of aromatic nitrogens is 2. The third kappa shape index (κ3) is 3.04. The van der Waals surface area contributed by atoms with Crippen molar-refractivity contribution in [2.75, 3.05) is 13.2 Å². The van der Waals surface area contributed by atoms with Crippen LogP contribution in [-0.2, 0) is 16.5 Å². The van der Waals surface area contributed by atoms with Crippen molar-refractivity contribution in [2.45, 2.75) is 26.2 Å². The molecule has 5 nitrogen and oxygen atoms in total. The van der Waals surface area contributed by atoms with Crippen LogP contribution in [0.1, 0.15) is 25.6 Å². The molecule has 0 aliphatic rings. The van der Waals surface area contributed by atoms with E-state index in [0.717, 1.165) is 4.47 Å². The van der Waals surface area contributed by atoms with E-state index < -0.39 is 12.4 Å². The maximum absolute atomic E-state index is 10.2. The Morgan fingerprint density at radius 1 is 1.44 bits per heavy atom. The summed E-state index contributed by atoms with van der Waals surface area (Å²) < 4.78 is 13.0. The van der Waals surface area contributed by atoms with E-state index in [0.29, 0.717) is 18.9 Å². The number of halogens is 1. The van der Waals surface area contributed by atoms with Crippen molar-refractivity contribution >= 4 is 15.9 Å². The van der Waals surface area contributed by atoms with Crippen molar-refractivity contribution in [1.29, 1.82) is 0 Å². The van der Waals surface area contributed by atoms with Gasteiger partial charge in [0.05, 0.1) is 16.4 Å². The second kappa shape index (κ2) is 6.34. The molecule has 0 aromatic carbocycles. The third-order valence-electron chi connectivity index (χ3n) is 2.14. The molecule has 1 atom stereocenters. The molecule has 1 aromatic heterocycles. The molecule has 92 valence electrons. The lowest BCUT2D eigenvalue weighted by molar-refractivity contribution is -0.193. The summed E-state index contributed by atoms with van der Waals surface area (Å²) in [6.45, 7) is 4.68. The molecule has 0 saturated heterocycles. The fourth-order valence-electron chi connectivity index (χ4n) is 1.44. The molecule has 1 unspecified atom stereocenters. The average molecular weight is 293 g/mol. The van der Waals surface area contributed by atoms with Gasteiger partial charge >= 0.3 is 0 Å². The molecule has 0 spiro atoms. The molecular weight excluding hydrogens is 276 g/mol. The number of hydrogen-bond acceptors (Lipinski definition) is 4. The van der Waals surface area contributed by atoms with E-state index in [1.807, 2.05) is 13.8 Å². The second-order valence-corrected chi connectivity index (χ2v) is 4.08. The summed E-state index contributed by atoms with van der Waals surface area (Å²) in [5.74, 6) is 0. The molecule has 1 rings (SSSR count). The van der Waals surface area contributed by atoms with Crippen LogP contribution < -0.4 is 0 Å². The summed E-state index contributed by atoms with van der Waals surface area (Å²) in [5, 5.41) is 14.2. The number of aliphatic hydroxyl groups excluding tert-OH is 1. The summed E-state index contributed by atoms with van der Waals surface area (Å²) in [4.78, 5) is 0. The number of aliphatic hydroxyl groups is 1. The van der Waals surface area contributed by atoms with Gasteiger partial charge in [-0.25, -0.2) is 0 Å². The van der Waals surface area contributed by atoms with Gasteiger partial charge in [0.25, 0.3) is 0 Å². The minimum absolute atomic E-state index is 0.483. The Bertz CT molecular complexity index is 304. The minimum atomic E-state index is -0.859. The topological polar surface area (TPSA) is 56.5 Å². The number of hydrogen-bond donors (Lipinski definition) is 1. The fraction of sp³-hybridized carbons (Fsp3) is 0.700. The fourth-order valence-corrected chi connectivity index (χ4v) is 2.02. The zero-order valence-electron chi connectivity index (χ0n) is 9.68. The largest absolute Gasteiger partial charge is 0.381 e. The highest BCUT2D eigenvalue weighted by atomic mass is 79.9. The number of rotatable bonds is 6. The standard InChI is InChI=1S/C10H17BrN2O3/c1-4-15-10(16-5-2)9(14)8-7(11)6-12-13(8)3/h6,9-10,14H,4-5H2,1-3H3. The van der Waals surface area contributed by atoms with E-state index in [1.54, 1.807) is 17.9 Å². The van der Waals surface area contributed by atoms with Crippen molar-refractivity contribution < 1.29 is 14.6 Å². The van der Waals surface area contributed by atoms with Gasteiger partial charge in [0.1, 0.15) is 6.10 Å². The van der Waals surface area contributed by atoms with Crippen molar-refractivity contribution in [3.8, 4) is 0 Å². The van der Waals surface area contributed by atoms with Gasteiger partial charge in [-0.1, -0.05) is 0 Å². The molecular formula is C10H17BrN2O3. The summed E-state index contributed by atoms with van der Waals surface area (Å²) in [5.41, 5.74) is 0.645. The van der Waals surface area contributed by atoms with Crippen LogP contribution in [0, 0.1) is 0 Å². The molecule has 0 aliphatic carbocycles. The molecule has 0 aliphatic heterocycles. The molecule has 0 radical (unpaired) electrons. The first-order chi connectivity index (χ1) is 7.61. The normalized spacial score (nSPS) is 13.4. The van der Waals surface area contributed by atoms with E-state index in [4.69, 9.17) is 9.47 Å². The smallest absolute Gasteiger partial charge is 0.189 e. The predicted molar refractivity (Wildman–Crippen MR) is 62.9 cm³/mol. The van der Waals surface area contributed by atoms with E-state index in [9.17, 15) is 5.11 Å².